The highest BCUT2D eigenvalue weighted by Gasteiger charge is 2.50. The molecule has 2 rings (SSSR count). The molecule has 0 aromatic rings. The summed E-state index contributed by atoms with van der Waals surface area (Å²) in [6, 6.07) is 0. The lowest BCUT2D eigenvalue weighted by Crippen LogP contribution is -2.41. The maximum Gasteiger partial charge on any atom is 0.457 e. The minimum Gasteiger partial charge on any atom is -0.466 e. The summed E-state index contributed by atoms with van der Waals surface area (Å²) in [5.41, 5.74) is -0.514. The number of rotatable bonds is 6. The summed E-state index contributed by atoms with van der Waals surface area (Å²) in [6.07, 6.45) is 5.09. The molecule has 3 unspecified atom stereocenters. The van der Waals surface area contributed by atoms with Crippen LogP contribution in [0.15, 0.2) is 0 Å². The molecule has 5 heteroatoms. The van der Waals surface area contributed by atoms with Crippen molar-refractivity contribution < 1.29 is 18.8 Å². The van der Waals surface area contributed by atoms with Gasteiger partial charge in [-0.15, -0.1) is 0 Å². The van der Waals surface area contributed by atoms with E-state index in [2.05, 4.69) is 34.6 Å². The smallest absolute Gasteiger partial charge is 0.457 e. The van der Waals surface area contributed by atoms with Crippen molar-refractivity contribution in [3.63, 3.8) is 0 Å². The first kappa shape index (κ1) is 18.8. The molecule has 1 heterocycles. The molecule has 2 aliphatic rings. The zero-order chi connectivity index (χ0) is 17.3. The molecule has 2 fully saturated rings. The van der Waals surface area contributed by atoms with Crippen molar-refractivity contribution in [2.75, 3.05) is 6.61 Å². The van der Waals surface area contributed by atoms with Gasteiger partial charge in [-0.05, 0) is 65.6 Å². The quantitative estimate of drug-likeness (QED) is 0.545. The van der Waals surface area contributed by atoms with Crippen molar-refractivity contribution in [2.24, 2.45) is 17.8 Å². The van der Waals surface area contributed by atoms with E-state index in [1.54, 1.807) is 0 Å². The van der Waals surface area contributed by atoms with Crippen LogP contribution in [0.4, 0.5) is 0 Å². The third kappa shape index (κ3) is 4.30. The first-order chi connectivity index (χ1) is 10.7. The highest BCUT2D eigenvalue weighted by Crippen LogP contribution is 2.41. The van der Waals surface area contributed by atoms with Crippen molar-refractivity contribution >= 4 is 13.1 Å². The van der Waals surface area contributed by atoms with Crippen LogP contribution in [0.1, 0.15) is 67.2 Å². The number of hydrogen-bond acceptors (Lipinski definition) is 4. The van der Waals surface area contributed by atoms with Crippen molar-refractivity contribution in [3.05, 3.63) is 0 Å². The Kier molecular flexibility index (Phi) is 5.83. The molecule has 3 atom stereocenters. The predicted molar refractivity (Wildman–Crippen MR) is 92.1 cm³/mol. The fraction of sp³-hybridized carbons (Fsp3) is 0.944. The van der Waals surface area contributed by atoms with Crippen LogP contribution in [0.2, 0.25) is 6.32 Å². The second-order valence-corrected chi connectivity index (χ2v) is 8.31. The van der Waals surface area contributed by atoms with Crippen LogP contribution in [-0.4, -0.2) is 30.9 Å². The maximum atomic E-state index is 12.1. The molecule has 0 amide bonds. The molecule has 0 aromatic heterocycles. The second kappa shape index (κ2) is 7.14. The van der Waals surface area contributed by atoms with Gasteiger partial charge in [0.1, 0.15) is 0 Å². The van der Waals surface area contributed by atoms with E-state index in [-0.39, 0.29) is 30.2 Å². The molecule has 0 radical (unpaired) electrons. The van der Waals surface area contributed by atoms with Gasteiger partial charge in [0, 0.05) is 0 Å². The third-order valence-electron chi connectivity index (χ3n) is 5.84. The number of carbonyl (C=O) groups is 1. The summed E-state index contributed by atoms with van der Waals surface area (Å²) < 4.78 is 17.3. The summed E-state index contributed by atoms with van der Waals surface area (Å²) in [5, 5.41) is 0. The van der Waals surface area contributed by atoms with Crippen LogP contribution in [0.25, 0.3) is 0 Å². The van der Waals surface area contributed by atoms with Gasteiger partial charge in [0.05, 0.1) is 23.7 Å². The zero-order valence-corrected chi connectivity index (χ0v) is 15.7. The largest absolute Gasteiger partial charge is 0.466 e. The van der Waals surface area contributed by atoms with Crippen LogP contribution < -0.4 is 0 Å². The van der Waals surface area contributed by atoms with Crippen molar-refractivity contribution in [2.45, 2.75) is 84.7 Å². The van der Waals surface area contributed by atoms with Gasteiger partial charge < -0.3 is 14.0 Å². The molecule has 1 aliphatic heterocycles. The highest BCUT2D eigenvalue weighted by atomic mass is 16.7. The van der Waals surface area contributed by atoms with Crippen LogP contribution >= 0.6 is 0 Å². The van der Waals surface area contributed by atoms with Crippen LogP contribution in [-0.2, 0) is 18.8 Å². The molecule has 0 spiro atoms. The average molecular weight is 324 g/mol. The number of carbonyl (C=O) groups excluding carboxylic acids is 1. The Labute approximate surface area is 141 Å². The van der Waals surface area contributed by atoms with Crippen LogP contribution in [0.5, 0.6) is 0 Å². The third-order valence-corrected chi connectivity index (χ3v) is 5.84. The monoisotopic (exact) mass is 324 g/mol. The lowest BCUT2D eigenvalue weighted by atomic mass is 9.79. The Morgan fingerprint density at radius 3 is 2.35 bits per heavy atom. The van der Waals surface area contributed by atoms with Gasteiger partial charge in [0.15, 0.2) is 0 Å². The summed E-state index contributed by atoms with van der Waals surface area (Å²) in [5.74, 6) is 1.15. The SMILES string of the molecule is CCOC(=O)C1CC(C)CC1CCCB1OC(C)(C)C(C)(C)O1. The fourth-order valence-electron chi connectivity index (χ4n) is 3.89. The standard InChI is InChI=1S/C18H33BO4/c1-7-21-16(20)15-12-13(2)11-14(15)9-8-10-19-22-17(3,4)18(5,6)23-19/h13-15H,7-12H2,1-6H3. The van der Waals surface area contributed by atoms with Crippen LogP contribution in [0, 0.1) is 17.8 Å². The Balaban J connectivity index is 1.80. The first-order valence-corrected chi connectivity index (χ1v) is 9.18. The van der Waals surface area contributed by atoms with E-state index in [4.69, 9.17) is 14.0 Å². The second-order valence-electron chi connectivity index (χ2n) is 8.31. The molecular weight excluding hydrogens is 291 g/mol. The van der Waals surface area contributed by atoms with Gasteiger partial charge in [-0.3, -0.25) is 4.79 Å². The van der Waals surface area contributed by atoms with Gasteiger partial charge in [-0.25, -0.2) is 0 Å². The average Bonchev–Trinajstić information content (AvgIpc) is 2.87. The normalized spacial score (nSPS) is 32.3. The molecular formula is C18H33BO4. The highest BCUT2D eigenvalue weighted by molar-refractivity contribution is 6.45. The molecule has 23 heavy (non-hydrogen) atoms. The molecule has 132 valence electrons. The van der Waals surface area contributed by atoms with Gasteiger partial charge in [0.2, 0.25) is 0 Å². The van der Waals surface area contributed by atoms with Crippen molar-refractivity contribution in [1.29, 1.82) is 0 Å². The number of esters is 1. The summed E-state index contributed by atoms with van der Waals surface area (Å²) >= 11 is 0. The van der Waals surface area contributed by atoms with Gasteiger partial charge in [0.25, 0.3) is 0 Å². The molecule has 0 bridgehead atoms. The topological polar surface area (TPSA) is 44.8 Å². The van der Waals surface area contributed by atoms with E-state index in [0.29, 0.717) is 18.4 Å². The minimum absolute atomic E-state index is 0.00233. The summed E-state index contributed by atoms with van der Waals surface area (Å²) in [6.45, 7) is 12.9. The summed E-state index contributed by atoms with van der Waals surface area (Å²) in [7, 11) is -0.125. The minimum atomic E-state index is -0.257. The lowest BCUT2D eigenvalue weighted by molar-refractivity contribution is -0.149. The maximum absolute atomic E-state index is 12.1. The van der Waals surface area contributed by atoms with Crippen molar-refractivity contribution in [3.8, 4) is 0 Å². The first-order valence-electron chi connectivity index (χ1n) is 9.18. The molecule has 0 N–H and O–H groups in total. The van der Waals surface area contributed by atoms with Gasteiger partial charge in [-0.2, -0.15) is 0 Å². The van der Waals surface area contributed by atoms with E-state index in [0.717, 1.165) is 32.0 Å². The Morgan fingerprint density at radius 2 is 1.78 bits per heavy atom. The van der Waals surface area contributed by atoms with Gasteiger partial charge >= 0.3 is 13.1 Å². The predicted octanol–water partition coefficient (Wildman–Crippen LogP) is 4.08. The molecule has 1 aliphatic carbocycles. The zero-order valence-electron chi connectivity index (χ0n) is 15.7. The van der Waals surface area contributed by atoms with E-state index >= 15 is 0 Å². The fourth-order valence-corrected chi connectivity index (χ4v) is 3.89. The molecule has 1 saturated heterocycles. The molecule has 1 saturated carbocycles. The Bertz CT molecular complexity index is 405. The molecule has 0 aromatic carbocycles. The Morgan fingerprint density at radius 1 is 1.17 bits per heavy atom. The number of hydrogen-bond donors (Lipinski definition) is 0. The van der Waals surface area contributed by atoms with Crippen LogP contribution in [0.3, 0.4) is 0 Å². The van der Waals surface area contributed by atoms with E-state index in [1.807, 2.05) is 6.92 Å². The lowest BCUT2D eigenvalue weighted by Gasteiger charge is -2.32. The van der Waals surface area contributed by atoms with E-state index in [1.165, 1.54) is 0 Å². The van der Waals surface area contributed by atoms with E-state index in [9.17, 15) is 4.79 Å². The molecule has 4 nitrogen and oxygen atoms in total. The number of ether oxygens (including phenoxy) is 1. The van der Waals surface area contributed by atoms with E-state index < -0.39 is 0 Å². The van der Waals surface area contributed by atoms with Crippen molar-refractivity contribution in [1.82, 2.24) is 0 Å². The summed E-state index contributed by atoms with van der Waals surface area (Å²) in [4.78, 5) is 12.1. The van der Waals surface area contributed by atoms with Gasteiger partial charge in [-0.1, -0.05) is 19.8 Å². The Hall–Kier alpha value is -0.545.